The zero-order valence-electron chi connectivity index (χ0n) is 12.6. The van der Waals surface area contributed by atoms with E-state index >= 15 is 0 Å². The molecule has 0 saturated carbocycles. The highest BCUT2D eigenvalue weighted by Crippen LogP contribution is 2.25. The normalized spacial score (nSPS) is 11.8. The molecule has 0 fully saturated rings. The summed E-state index contributed by atoms with van der Waals surface area (Å²) >= 11 is 0. The summed E-state index contributed by atoms with van der Waals surface area (Å²) in [6.07, 6.45) is 4.99. The van der Waals surface area contributed by atoms with Crippen LogP contribution in [-0.4, -0.2) is 41.1 Å². The molecule has 0 aliphatic heterocycles. The number of rotatable bonds is 10. The quantitative estimate of drug-likeness (QED) is 0.680. The molecular weight excluding hydrogens is 258 g/mol. The number of carbonyl (C=O) groups is 1. The Kier molecular flexibility index (Phi) is 6.67. The van der Waals surface area contributed by atoms with Gasteiger partial charge in [-0.15, -0.1) is 0 Å². The van der Waals surface area contributed by atoms with Gasteiger partial charge in [-0.05, 0) is 12.8 Å². The molecule has 6 heteroatoms. The number of carboxylic acid groups (broad SMARTS) is 1. The fraction of sp³-hybridized carbons (Fsp3) is 0.714. The van der Waals surface area contributed by atoms with E-state index in [4.69, 9.17) is 4.74 Å². The number of nitrogens with one attached hydrogen (secondary N) is 1. The second-order valence-electron chi connectivity index (χ2n) is 5.00. The van der Waals surface area contributed by atoms with E-state index in [9.17, 15) is 9.90 Å². The van der Waals surface area contributed by atoms with E-state index in [1.165, 1.54) is 0 Å². The lowest BCUT2D eigenvalue weighted by molar-refractivity contribution is -0.149. The van der Waals surface area contributed by atoms with Crippen molar-refractivity contribution in [2.45, 2.75) is 39.8 Å². The van der Waals surface area contributed by atoms with E-state index in [0.717, 1.165) is 12.1 Å². The third-order valence-electron chi connectivity index (χ3n) is 3.81. The van der Waals surface area contributed by atoms with Crippen molar-refractivity contribution >= 4 is 5.97 Å². The highest BCUT2D eigenvalue weighted by molar-refractivity contribution is 5.74. The van der Waals surface area contributed by atoms with Crippen LogP contribution in [0.5, 0.6) is 0 Å². The third kappa shape index (κ3) is 4.31. The van der Waals surface area contributed by atoms with E-state index in [0.29, 0.717) is 32.5 Å². The van der Waals surface area contributed by atoms with E-state index in [2.05, 4.69) is 10.4 Å². The van der Waals surface area contributed by atoms with E-state index in [-0.39, 0.29) is 0 Å². The predicted molar refractivity (Wildman–Crippen MR) is 76.5 cm³/mol. The molecule has 114 valence electrons. The lowest BCUT2D eigenvalue weighted by Gasteiger charge is -2.26. The van der Waals surface area contributed by atoms with Crippen LogP contribution in [0.25, 0.3) is 0 Å². The molecule has 0 atom stereocenters. The molecule has 0 aromatic carbocycles. The first-order chi connectivity index (χ1) is 9.57. The summed E-state index contributed by atoms with van der Waals surface area (Å²) in [5.41, 5.74) is 0.374. The Morgan fingerprint density at radius 1 is 1.50 bits per heavy atom. The fourth-order valence-electron chi connectivity index (χ4n) is 2.13. The first-order valence-electron chi connectivity index (χ1n) is 7.02. The molecule has 0 spiro atoms. The minimum Gasteiger partial charge on any atom is -0.481 e. The summed E-state index contributed by atoms with van der Waals surface area (Å²) in [7, 11) is 1.66. The minimum atomic E-state index is -0.731. The number of carboxylic acids is 1. The molecule has 0 amide bonds. The van der Waals surface area contributed by atoms with E-state index in [1.807, 2.05) is 24.7 Å². The van der Waals surface area contributed by atoms with Gasteiger partial charge in [-0.3, -0.25) is 9.48 Å². The second kappa shape index (κ2) is 8.01. The third-order valence-corrected chi connectivity index (χ3v) is 3.81. The van der Waals surface area contributed by atoms with Gasteiger partial charge >= 0.3 is 5.97 Å². The van der Waals surface area contributed by atoms with Crippen molar-refractivity contribution in [3.63, 3.8) is 0 Å². The summed E-state index contributed by atoms with van der Waals surface area (Å²) in [6, 6.07) is 0. The lowest BCUT2D eigenvalue weighted by atomic mass is 9.82. The summed E-state index contributed by atoms with van der Waals surface area (Å²) in [5, 5.41) is 16.8. The molecule has 1 aromatic rings. The number of methoxy groups -OCH3 is 1. The van der Waals surface area contributed by atoms with Crippen LogP contribution in [0.3, 0.4) is 0 Å². The fourth-order valence-corrected chi connectivity index (χ4v) is 2.13. The maximum atomic E-state index is 11.4. The zero-order valence-corrected chi connectivity index (χ0v) is 12.6. The average Bonchev–Trinajstić information content (AvgIpc) is 2.89. The predicted octanol–water partition coefficient (Wildman–Crippen LogP) is 1.51. The Labute approximate surface area is 120 Å². The molecule has 0 unspecified atom stereocenters. The molecule has 0 aliphatic rings. The van der Waals surface area contributed by atoms with Crippen LogP contribution in [0.2, 0.25) is 0 Å². The molecule has 0 radical (unpaired) electrons. The summed E-state index contributed by atoms with van der Waals surface area (Å²) < 4.78 is 6.82. The van der Waals surface area contributed by atoms with Crippen LogP contribution in [0.4, 0.5) is 0 Å². The van der Waals surface area contributed by atoms with Crippen molar-refractivity contribution in [1.29, 1.82) is 0 Å². The van der Waals surface area contributed by atoms with Crippen molar-refractivity contribution in [2.75, 3.05) is 20.3 Å². The largest absolute Gasteiger partial charge is 0.481 e. The molecular formula is C14H25N3O3. The van der Waals surface area contributed by atoms with Crippen LogP contribution in [-0.2, 0) is 22.6 Å². The Morgan fingerprint density at radius 3 is 2.75 bits per heavy atom. The van der Waals surface area contributed by atoms with Crippen molar-refractivity contribution in [1.82, 2.24) is 15.1 Å². The smallest absolute Gasteiger partial charge is 0.310 e. The molecule has 0 aliphatic carbocycles. The number of aromatic nitrogens is 2. The van der Waals surface area contributed by atoms with Gasteiger partial charge in [0.25, 0.3) is 0 Å². The van der Waals surface area contributed by atoms with Crippen LogP contribution < -0.4 is 5.32 Å². The Bertz CT molecular complexity index is 414. The molecule has 1 aromatic heterocycles. The molecule has 1 rings (SSSR count). The van der Waals surface area contributed by atoms with Gasteiger partial charge < -0.3 is 15.2 Å². The molecule has 6 nitrogen and oxygen atoms in total. The molecule has 0 saturated heterocycles. The van der Waals surface area contributed by atoms with Gasteiger partial charge in [0.05, 0.1) is 24.8 Å². The number of nitrogens with zero attached hydrogens (tertiary/aromatic N) is 2. The van der Waals surface area contributed by atoms with Gasteiger partial charge in [0.1, 0.15) is 0 Å². The molecule has 1 heterocycles. The lowest BCUT2D eigenvalue weighted by Crippen LogP contribution is -2.39. The number of hydrogen-bond donors (Lipinski definition) is 2. The Hall–Kier alpha value is -1.40. The average molecular weight is 283 g/mol. The Morgan fingerprint density at radius 2 is 2.20 bits per heavy atom. The first-order valence-corrected chi connectivity index (χ1v) is 7.02. The summed E-state index contributed by atoms with van der Waals surface area (Å²) in [4.78, 5) is 11.4. The summed E-state index contributed by atoms with van der Waals surface area (Å²) in [6.45, 7) is 6.28. The van der Waals surface area contributed by atoms with Crippen molar-refractivity contribution < 1.29 is 14.6 Å². The number of hydrogen-bond acceptors (Lipinski definition) is 4. The van der Waals surface area contributed by atoms with Gasteiger partial charge in [-0.25, -0.2) is 0 Å². The maximum Gasteiger partial charge on any atom is 0.310 e. The standard InChI is InChI=1S/C14H25N3O3/c1-4-14(5-2,13(18)19)11-15-8-12-9-16-17(10-12)6-7-20-3/h9-10,15H,4-8,11H2,1-3H3,(H,18,19). The van der Waals surface area contributed by atoms with Crippen LogP contribution in [0.15, 0.2) is 12.4 Å². The number of aliphatic carboxylic acids is 1. The topological polar surface area (TPSA) is 76.4 Å². The van der Waals surface area contributed by atoms with Crippen molar-refractivity contribution in [3.05, 3.63) is 18.0 Å². The number of ether oxygens (including phenoxy) is 1. The van der Waals surface area contributed by atoms with Crippen molar-refractivity contribution in [2.24, 2.45) is 5.41 Å². The summed E-state index contributed by atoms with van der Waals surface area (Å²) in [5.74, 6) is -0.731. The maximum absolute atomic E-state index is 11.4. The minimum absolute atomic E-state index is 0.471. The van der Waals surface area contributed by atoms with Gasteiger partial charge in [0, 0.05) is 32.0 Å². The SMILES string of the molecule is CCC(CC)(CNCc1cnn(CCOC)c1)C(=O)O. The highest BCUT2D eigenvalue weighted by atomic mass is 16.5. The van der Waals surface area contributed by atoms with Gasteiger partial charge in [-0.2, -0.15) is 5.10 Å². The van der Waals surface area contributed by atoms with Gasteiger partial charge in [0.15, 0.2) is 0 Å². The zero-order chi connectivity index (χ0) is 15.0. The molecule has 0 bridgehead atoms. The van der Waals surface area contributed by atoms with Gasteiger partial charge in [0.2, 0.25) is 0 Å². The highest BCUT2D eigenvalue weighted by Gasteiger charge is 2.34. The van der Waals surface area contributed by atoms with E-state index < -0.39 is 11.4 Å². The first kappa shape index (κ1) is 16.7. The molecule has 20 heavy (non-hydrogen) atoms. The Balaban J connectivity index is 2.46. The monoisotopic (exact) mass is 283 g/mol. The van der Waals surface area contributed by atoms with Crippen LogP contribution >= 0.6 is 0 Å². The van der Waals surface area contributed by atoms with Crippen LogP contribution in [0.1, 0.15) is 32.3 Å². The van der Waals surface area contributed by atoms with Gasteiger partial charge in [-0.1, -0.05) is 13.8 Å². The van der Waals surface area contributed by atoms with Crippen molar-refractivity contribution in [3.8, 4) is 0 Å². The molecule has 2 N–H and O–H groups in total. The second-order valence-corrected chi connectivity index (χ2v) is 5.00. The van der Waals surface area contributed by atoms with E-state index in [1.54, 1.807) is 13.3 Å². The van der Waals surface area contributed by atoms with Crippen LogP contribution in [0, 0.1) is 5.41 Å².